The number of carboxylic acids is 1. The number of rotatable bonds is 15. The molecule has 0 bridgehead atoms. The molecule has 1 heterocycles. The first kappa shape index (κ1) is 33.8. The lowest BCUT2D eigenvalue weighted by atomic mass is 10.0. The predicted octanol–water partition coefficient (Wildman–Crippen LogP) is -1.81. The topological polar surface area (TPSA) is 234 Å². The summed E-state index contributed by atoms with van der Waals surface area (Å²) in [5, 5.41) is 27.0. The van der Waals surface area contributed by atoms with Crippen LogP contribution in [0.5, 0.6) is 0 Å². The number of nitrogens with two attached hydrogens (primary N) is 2. The lowest BCUT2D eigenvalue weighted by Crippen LogP contribution is -2.60. The fourth-order valence-electron chi connectivity index (χ4n) is 4.22. The van der Waals surface area contributed by atoms with Crippen LogP contribution in [0, 0.1) is 11.8 Å². The zero-order valence-electron chi connectivity index (χ0n) is 23.3. The van der Waals surface area contributed by atoms with Gasteiger partial charge < -0.3 is 42.5 Å². The molecular formula is C25H44N6O8. The maximum atomic E-state index is 13.1. The number of carboxylic acid groups (broad SMARTS) is 1. The number of hydrogen-bond donors (Lipinski definition) is 7. The van der Waals surface area contributed by atoms with E-state index < -0.39 is 65.9 Å². The van der Waals surface area contributed by atoms with Crippen molar-refractivity contribution < 1.29 is 39.0 Å². The van der Waals surface area contributed by atoms with Crippen molar-refractivity contribution in [3.05, 3.63) is 0 Å². The van der Waals surface area contributed by atoms with E-state index in [9.17, 15) is 39.0 Å². The monoisotopic (exact) mass is 556 g/mol. The minimum Gasteiger partial charge on any atom is -0.480 e. The van der Waals surface area contributed by atoms with Crippen LogP contribution >= 0.6 is 0 Å². The van der Waals surface area contributed by atoms with Gasteiger partial charge in [-0.3, -0.25) is 24.0 Å². The maximum absolute atomic E-state index is 13.1. The number of carbonyl (C=O) groups excluding carboxylic acids is 5. The van der Waals surface area contributed by atoms with Crippen molar-refractivity contribution >= 4 is 35.5 Å². The molecule has 0 saturated carbocycles. The molecule has 0 unspecified atom stereocenters. The van der Waals surface area contributed by atoms with Gasteiger partial charge in [-0.2, -0.15) is 0 Å². The molecule has 9 N–H and O–H groups in total. The predicted molar refractivity (Wildman–Crippen MR) is 141 cm³/mol. The minimum atomic E-state index is -1.46. The van der Waals surface area contributed by atoms with Gasteiger partial charge in [-0.1, -0.05) is 27.7 Å². The van der Waals surface area contributed by atoms with Gasteiger partial charge in [0.15, 0.2) is 0 Å². The van der Waals surface area contributed by atoms with Gasteiger partial charge in [0.05, 0.1) is 12.1 Å². The highest BCUT2D eigenvalue weighted by molar-refractivity contribution is 5.96. The standard InChI is InChI=1S/C25H44N6O8/c1-12(2)11-16(21(34)28-15(25(38)39)8-9-18(26)33)29-23(36)20(14(5)32)30-22(35)17-7-6-10-31(17)24(37)19(27)13(3)4/h12-17,19-20,32H,6-11,27H2,1-5H3,(H2,26,33)(H,28,34)(H,29,36)(H,30,35)(H,38,39)/t14-,15+,16+,17+,19+,20+/m1/s1. The molecule has 0 aromatic carbocycles. The van der Waals surface area contributed by atoms with E-state index in [0.717, 1.165) is 0 Å². The Morgan fingerprint density at radius 3 is 2.03 bits per heavy atom. The normalized spacial score (nSPS) is 19.1. The van der Waals surface area contributed by atoms with Gasteiger partial charge >= 0.3 is 5.97 Å². The summed E-state index contributed by atoms with van der Waals surface area (Å²) in [6.07, 6.45) is -0.811. The molecule has 1 aliphatic heterocycles. The van der Waals surface area contributed by atoms with Crippen molar-refractivity contribution in [2.45, 2.75) is 103 Å². The summed E-state index contributed by atoms with van der Waals surface area (Å²) in [7, 11) is 0. The molecule has 0 aliphatic carbocycles. The van der Waals surface area contributed by atoms with E-state index in [1.165, 1.54) is 11.8 Å². The molecule has 14 heteroatoms. The lowest BCUT2D eigenvalue weighted by Gasteiger charge is -2.30. The van der Waals surface area contributed by atoms with Crippen LogP contribution < -0.4 is 27.4 Å². The number of primary amides is 1. The van der Waals surface area contributed by atoms with E-state index in [-0.39, 0.29) is 37.0 Å². The van der Waals surface area contributed by atoms with Gasteiger partial charge in [0.1, 0.15) is 24.2 Å². The molecule has 1 rings (SSSR count). The van der Waals surface area contributed by atoms with Gasteiger partial charge in [-0.25, -0.2) is 4.79 Å². The fourth-order valence-corrected chi connectivity index (χ4v) is 4.22. The van der Waals surface area contributed by atoms with Crippen molar-refractivity contribution in [3.8, 4) is 0 Å². The Kier molecular flexibility index (Phi) is 13.3. The van der Waals surface area contributed by atoms with E-state index in [1.54, 1.807) is 27.7 Å². The minimum absolute atomic E-state index is 0.0993. The summed E-state index contributed by atoms with van der Waals surface area (Å²) < 4.78 is 0. The Labute approximate surface area is 228 Å². The Morgan fingerprint density at radius 2 is 1.54 bits per heavy atom. The molecule has 14 nitrogen and oxygen atoms in total. The molecule has 1 aliphatic rings. The third-order valence-electron chi connectivity index (χ3n) is 6.54. The molecule has 0 spiro atoms. The van der Waals surface area contributed by atoms with Crippen molar-refractivity contribution in [1.82, 2.24) is 20.9 Å². The Balaban J connectivity index is 3.01. The average molecular weight is 557 g/mol. The zero-order chi connectivity index (χ0) is 30.0. The number of aliphatic hydroxyl groups is 1. The first-order valence-electron chi connectivity index (χ1n) is 13.2. The first-order chi connectivity index (χ1) is 18.1. The highest BCUT2D eigenvalue weighted by Gasteiger charge is 2.39. The molecule has 0 aromatic heterocycles. The van der Waals surface area contributed by atoms with E-state index in [4.69, 9.17) is 11.5 Å². The van der Waals surface area contributed by atoms with Crippen molar-refractivity contribution in [2.24, 2.45) is 23.3 Å². The summed E-state index contributed by atoms with van der Waals surface area (Å²) in [6, 6.07) is -5.72. The van der Waals surface area contributed by atoms with Gasteiger partial charge in [0, 0.05) is 13.0 Å². The van der Waals surface area contributed by atoms with Crippen molar-refractivity contribution in [3.63, 3.8) is 0 Å². The molecular weight excluding hydrogens is 512 g/mol. The summed E-state index contributed by atoms with van der Waals surface area (Å²) >= 11 is 0. The van der Waals surface area contributed by atoms with Crippen LogP contribution in [-0.4, -0.2) is 93.5 Å². The number of aliphatic hydroxyl groups excluding tert-OH is 1. The zero-order valence-corrected chi connectivity index (χ0v) is 23.3. The number of hydrogen-bond acceptors (Lipinski definition) is 8. The number of likely N-dealkylation sites (tertiary alicyclic amines) is 1. The molecule has 0 radical (unpaired) electrons. The lowest BCUT2D eigenvalue weighted by molar-refractivity contribution is -0.143. The van der Waals surface area contributed by atoms with Gasteiger partial charge in [-0.15, -0.1) is 0 Å². The van der Waals surface area contributed by atoms with Gasteiger partial charge in [0.25, 0.3) is 0 Å². The van der Waals surface area contributed by atoms with E-state index in [1.807, 2.05) is 0 Å². The van der Waals surface area contributed by atoms with Crippen LogP contribution in [-0.2, 0) is 28.8 Å². The van der Waals surface area contributed by atoms with Crippen LogP contribution in [0.1, 0.15) is 66.7 Å². The Bertz CT molecular complexity index is 909. The molecule has 1 saturated heterocycles. The Hall–Kier alpha value is -3.26. The summed E-state index contributed by atoms with van der Waals surface area (Å²) in [5.41, 5.74) is 11.1. The molecule has 222 valence electrons. The smallest absolute Gasteiger partial charge is 0.326 e. The van der Waals surface area contributed by atoms with Crippen LogP contribution in [0.2, 0.25) is 0 Å². The first-order valence-corrected chi connectivity index (χ1v) is 13.2. The molecule has 0 aromatic rings. The van der Waals surface area contributed by atoms with Crippen LogP contribution in [0.25, 0.3) is 0 Å². The molecule has 39 heavy (non-hydrogen) atoms. The fraction of sp³-hybridized carbons (Fsp3) is 0.760. The largest absolute Gasteiger partial charge is 0.480 e. The van der Waals surface area contributed by atoms with Gasteiger partial charge in [-0.05, 0) is 44.4 Å². The number of nitrogens with one attached hydrogen (secondary N) is 3. The number of amides is 5. The molecule has 5 amide bonds. The van der Waals surface area contributed by atoms with Crippen LogP contribution in [0.15, 0.2) is 0 Å². The van der Waals surface area contributed by atoms with E-state index in [0.29, 0.717) is 19.4 Å². The van der Waals surface area contributed by atoms with Crippen LogP contribution in [0.4, 0.5) is 0 Å². The summed E-state index contributed by atoms with van der Waals surface area (Å²) in [6.45, 7) is 8.79. The van der Waals surface area contributed by atoms with E-state index >= 15 is 0 Å². The SMILES string of the molecule is CC(C)C[C@H](NC(=O)[C@@H](NC(=O)[C@@H]1CCCN1C(=O)[C@@H](N)C(C)C)[C@@H](C)O)C(=O)N[C@@H](CCC(N)=O)C(=O)O. The molecule has 1 fully saturated rings. The van der Waals surface area contributed by atoms with Crippen LogP contribution in [0.3, 0.4) is 0 Å². The highest BCUT2D eigenvalue weighted by Crippen LogP contribution is 2.20. The third-order valence-corrected chi connectivity index (χ3v) is 6.54. The Morgan fingerprint density at radius 1 is 0.949 bits per heavy atom. The quantitative estimate of drug-likeness (QED) is 0.120. The second kappa shape index (κ2) is 15.4. The number of aliphatic carboxylic acids is 1. The third kappa shape index (κ3) is 10.4. The highest BCUT2D eigenvalue weighted by atomic mass is 16.4. The van der Waals surface area contributed by atoms with Crippen molar-refractivity contribution in [1.29, 1.82) is 0 Å². The van der Waals surface area contributed by atoms with E-state index in [2.05, 4.69) is 16.0 Å². The second-order valence-electron chi connectivity index (χ2n) is 10.8. The second-order valence-corrected chi connectivity index (χ2v) is 10.8. The van der Waals surface area contributed by atoms with Crippen molar-refractivity contribution in [2.75, 3.05) is 6.54 Å². The summed E-state index contributed by atoms with van der Waals surface area (Å²) in [5.74, 6) is -5.03. The molecule has 6 atom stereocenters. The maximum Gasteiger partial charge on any atom is 0.326 e. The summed E-state index contributed by atoms with van der Waals surface area (Å²) in [4.78, 5) is 75.9. The number of carbonyl (C=O) groups is 6. The average Bonchev–Trinajstić information content (AvgIpc) is 3.32. The number of nitrogens with zero attached hydrogens (tertiary/aromatic N) is 1. The van der Waals surface area contributed by atoms with Gasteiger partial charge in [0.2, 0.25) is 29.5 Å².